The zero-order valence-corrected chi connectivity index (χ0v) is 13.9. The van der Waals surface area contributed by atoms with Gasteiger partial charge in [0.15, 0.2) is 0 Å². The Bertz CT molecular complexity index is 745. The van der Waals surface area contributed by atoms with Crippen molar-refractivity contribution < 1.29 is 19.4 Å². The van der Waals surface area contributed by atoms with Crippen molar-refractivity contribution in [3.63, 3.8) is 0 Å². The third-order valence-electron chi connectivity index (χ3n) is 3.85. The van der Waals surface area contributed by atoms with E-state index in [1.807, 2.05) is 23.6 Å². The monoisotopic (exact) mass is 353 g/mol. The van der Waals surface area contributed by atoms with Gasteiger partial charge in [0.05, 0.1) is 25.6 Å². The molecule has 0 saturated carbocycles. The van der Waals surface area contributed by atoms with Crippen LogP contribution in [0.1, 0.15) is 12.0 Å². The summed E-state index contributed by atoms with van der Waals surface area (Å²) in [5.74, 6) is -0.925. The molecule has 2 heterocycles. The number of thiophene rings is 1. The van der Waals surface area contributed by atoms with Crippen LogP contribution in [0.25, 0.3) is 10.1 Å². The molecule has 1 fully saturated rings. The van der Waals surface area contributed by atoms with E-state index in [4.69, 9.17) is 21.4 Å². The largest absolute Gasteiger partial charge is 0.481 e. The number of carbonyl (C=O) groups is 2. The minimum atomic E-state index is -0.914. The summed E-state index contributed by atoms with van der Waals surface area (Å²) in [5, 5.41) is 12.5. The fourth-order valence-electron chi connectivity index (χ4n) is 2.73. The zero-order valence-electron chi connectivity index (χ0n) is 12.3. The Morgan fingerprint density at radius 3 is 3.04 bits per heavy atom. The van der Waals surface area contributed by atoms with E-state index in [1.165, 1.54) is 0 Å². The Hall–Kier alpha value is -1.63. The van der Waals surface area contributed by atoms with Crippen LogP contribution in [0.15, 0.2) is 23.6 Å². The first-order valence-corrected chi connectivity index (χ1v) is 8.55. The Kier molecular flexibility index (Phi) is 4.84. The van der Waals surface area contributed by atoms with Crippen molar-refractivity contribution in [3.05, 3.63) is 34.2 Å². The Morgan fingerprint density at radius 1 is 1.43 bits per heavy atom. The first-order chi connectivity index (χ1) is 11.0. The number of halogens is 1. The summed E-state index contributed by atoms with van der Waals surface area (Å²) in [6.45, 7) is 1.20. The fourth-order valence-corrected chi connectivity index (χ4v) is 3.84. The molecule has 1 aromatic heterocycles. The SMILES string of the molecule is O=C(O)CC1CN(C(=O)Cc2csc3ccc(Cl)cc23)CCO1. The molecule has 122 valence electrons. The quantitative estimate of drug-likeness (QED) is 0.917. The molecule has 1 unspecified atom stereocenters. The van der Waals surface area contributed by atoms with Gasteiger partial charge in [-0.3, -0.25) is 9.59 Å². The van der Waals surface area contributed by atoms with Crippen LogP contribution in [0.4, 0.5) is 0 Å². The Balaban J connectivity index is 1.70. The number of hydrogen-bond acceptors (Lipinski definition) is 4. The number of carbonyl (C=O) groups excluding carboxylic acids is 1. The molecule has 5 nitrogen and oxygen atoms in total. The highest BCUT2D eigenvalue weighted by Gasteiger charge is 2.26. The molecule has 7 heteroatoms. The van der Waals surface area contributed by atoms with Gasteiger partial charge >= 0.3 is 5.97 Å². The molecular formula is C16H16ClNO4S. The summed E-state index contributed by atoms with van der Waals surface area (Å²) in [7, 11) is 0. The number of nitrogens with zero attached hydrogens (tertiary/aromatic N) is 1. The molecule has 3 rings (SSSR count). The number of amides is 1. The third kappa shape index (κ3) is 3.83. The van der Waals surface area contributed by atoms with Gasteiger partial charge in [0.25, 0.3) is 0 Å². The molecule has 0 bridgehead atoms. The predicted molar refractivity (Wildman–Crippen MR) is 89.1 cm³/mol. The number of fused-ring (bicyclic) bond motifs is 1. The topological polar surface area (TPSA) is 66.8 Å². The maximum Gasteiger partial charge on any atom is 0.306 e. The van der Waals surface area contributed by atoms with Crippen LogP contribution in [0.5, 0.6) is 0 Å². The standard InChI is InChI=1S/C16H16ClNO4S/c17-11-1-2-14-13(6-11)10(9-23-14)5-15(19)18-3-4-22-12(8-18)7-16(20)21/h1-2,6,9,12H,3-5,7-8H2,(H,20,21). The molecule has 0 spiro atoms. The van der Waals surface area contributed by atoms with Gasteiger partial charge in [-0.1, -0.05) is 11.6 Å². The Labute approximate surface area is 142 Å². The average molecular weight is 354 g/mol. The average Bonchev–Trinajstić information content (AvgIpc) is 2.89. The summed E-state index contributed by atoms with van der Waals surface area (Å²) in [5.41, 5.74) is 0.957. The zero-order chi connectivity index (χ0) is 16.4. The second kappa shape index (κ2) is 6.86. The van der Waals surface area contributed by atoms with Crippen molar-refractivity contribution in [1.29, 1.82) is 0 Å². The third-order valence-corrected chi connectivity index (χ3v) is 5.10. The number of rotatable bonds is 4. The van der Waals surface area contributed by atoms with Crippen molar-refractivity contribution in [1.82, 2.24) is 4.90 Å². The van der Waals surface area contributed by atoms with E-state index in [9.17, 15) is 9.59 Å². The van der Waals surface area contributed by atoms with Gasteiger partial charge in [-0.25, -0.2) is 0 Å². The van der Waals surface area contributed by atoms with Gasteiger partial charge < -0.3 is 14.7 Å². The molecular weight excluding hydrogens is 338 g/mol. The number of ether oxygens (including phenoxy) is 1. The van der Waals surface area contributed by atoms with Crippen LogP contribution in [0, 0.1) is 0 Å². The summed E-state index contributed by atoms with van der Waals surface area (Å²) in [6.07, 6.45) is -0.222. The second-order valence-corrected chi connectivity index (χ2v) is 6.86. The molecule has 1 atom stereocenters. The molecule has 1 aliphatic heterocycles. The molecule has 23 heavy (non-hydrogen) atoms. The van der Waals surface area contributed by atoms with Crippen molar-refractivity contribution in [2.45, 2.75) is 18.9 Å². The summed E-state index contributed by atoms with van der Waals surface area (Å²) >= 11 is 7.63. The van der Waals surface area contributed by atoms with E-state index in [-0.39, 0.29) is 12.3 Å². The lowest BCUT2D eigenvalue weighted by Gasteiger charge is -2.32. The predicted octanol–water partition coefficient (Wildman–Crippen LogP) is 2.80. The molecule has 1 saturated heterocycles. The van der Waals surface area contributed by atoms with Gasteiger partial charge in [0.1, 0.15) is 0 Å². The van der Waals surface area contributed by atoms with Gasteiger partial charge in [-0.2, -0.15) is 0 Å². The van der Waals surface area contributed by atoms with Crippen LogP contribution >= 0.6 is 22.9 Å². The molecule has 0 aliphatic carbocycles. The van der Waals surface area contributed by atoms with E-state index in [0.717, 1.165) is 15.6 Å². The number of hydrogen-bond donors (Lipinski definition) is 1. The first kappa shape index (κ1) is 16.2. The molecule has 1 amide bonds. The number of benzene rings is 1. The first-order valence-electron chi connectivity index (χ1n) is 7.29. The number of morpholine rings is 1. The summed E-state index contributed by atoms with van der Waals surface area (Å²) < 4.78 is 6.50. The number of aliphatic carboxylic acids is 1. The minimum absolute atomic E-state index is 0.0108. The number of carboxylic acids is 1. The molecule has 1 aromatic carbocycles. The maximum atomic E-state index is 12.5. The normalized spacial score (nSPS) is 18.3. The fraction of sp³-hybridized carbons (Fsp3) is 0.375. The lowest BCUT2D eigenvalue weighted by molar-refractivity contribution is -0.147. The summed E-state index contributed by atoms with van der Waals surface area (Å²) in [4.78, 5) is 25.0. The Morgan fingerprint density at radius 2 is 2.26 bits per heavy atom. The van der Waals surface area contributed by atoms with Crippen LogP contribution in [0.3, 0.4) is 0 Å². The van der Waals surface area contributed by atoms with E-state index in [1.54, 1.807) is 16.2 Å². The second-order valence-electron chi connectivity index (χ2n) is 5.51. The lowest BCUT2D eigenvalue weighted by atomic mass is 10.1. The van der Waals surface area contributed by atoms with Crippen molar-refractivity contribution >= 4 is 44.9 Å². The highest BCUT2D eigenvalue weighted by atomic mass is 35.5. The lowest BCUT2D eigenvalue weighted by Crippen LogP contribution is -2.46. The molecule has 1 N–H and O–H groups in total. The highest BCUT2D eigenvalue weighted by molar-refractivity contribution is 7.17. The molecule has 0 radical (unpaired) electrons. The van der Waals surface area contributed by atoms with E-state index in [2.05, 4.69) is 0 Å². The van der Waals surface area contributed by atoms with Crippen molar-refractivity contribution in [2.75, 3.05) is 19.7 Å². The summed E-state index contributed by atoms with van der Waals surface area (Å²) in [6, 6.07) is 5.67. The van der Waals surface area contributed by atoms with Crippen LogP contribution < -0.4 is 0 Å². The van der Waals surface area contributed by atoms with E-state index >= 15 is 0 Å². The smallest absolute Gasteiger partial charge is 0.306 e. The molecule has 1 aliphatic rings. The molecule has 2 aromatic rings. The number of carboxylic acid groups (broad SMARTS) is 1. The van der Waals surface area contributed by atoms with Crippen molar-refractivity contribution in [3.8, 4) is 0 Å². The van der Waals surface area contributed by atoms with Gasteiger partial charge in [-0.05, 0) is 34.5 Å². The van der Waals surface area contributed by atoms with Crippen LogP contribution in [0.2, 0.25) is 5.02 Å². The maximum absolute atomic E-state index is 12.5. The van der Waals surface area contributed by atoms with E-state index in [0.29, 0.717) is 31.1 Å². The van der Waals surface area contributed by atoms with Crippen LogP contribution in [-0.2, 0) is 20.7 Å². The van der Waals surface area contributed by atoms with Crippen LogP contribution in [-0.4, -0.2) is 47.7 Å². The van der Waals surface area contributed by atoms with Gasteiger partial charge in [0.2, 0.25) is 5.91 Å². The minimum Gasteiger partial charge on any atom is -0.481 e. The van der Waals surface area contributed by atoms with Crippen molar-refractivity contribution in [2.24, 2.45) is 0 Å². The van der Waals surface area contributed by atoms with E-state index < -0.39 is 12.1 Å². The van der Waals surface area contributed by atoms with Gasteiger partial charge in [-0.15, -0.1) is 11.3 Å². The highest BCUT2D eigenvalue weighted by Crippen LogP contribution is 2.29. The van der Waals surface area contributed by atoms with Gasteiger partial charge in [0, 0.05) is 22.8 Å².